The zero-order chi connectivity index (χ0) is 17.6. The SMILES string of the molecule is CN=C(NCCc1ccc(Cl)nc1)NCc1nc(C(F)(F)F)cs1.I. The summed E-state index contributed by atoms with van der Waals surface area (Å²) in [5, 5.41) is 7.78. The lowest BCUT2D eigenvalue weighted by Gasteiger charge is -2.10. The Labute approximate surface area is 169 Å². The summed E-state index contributed by atoms with van der Waals surface area (Å²) in [7, 11) is 1.59. The number of nitrogens with zero attached hydrogens (tertiary/aromatic N) is 3. The Bertz CT molecular complexity index is 691. The Hall–Kier alpha value is -1.14. The van der Waals surface area contributed by atoms with E-state index in [0.717, 1.165) is 22.3 Å². The second kappa shape index (κ2) is 10.1. The molecule has 0 fully saturated rings. The maximum absolute atomic E-state index is 12.5. The van der Waals surface area contributed by atoms with E-state index in [9.17, 15) is 13.2 Å². The number of pyridine rings is 1. The van der Waals surface area contributed by atoms with Gasteiger partial charge in [0, 0.05) is 25.2 Å². The first-order valence-corrected chi connectivity index (χ1v) is 8.21. The van der Waals surface area contributed by atoms with Crippen LogP contribution >= 0.6 is 46.9 Å². The molecule has 0 aliphatic heterocycles. The van der Waals surface area contributed by atoms with Gasteiger partial charge in [0.1, 0.15) is 10.2 Å². The molecule has 5 nitrogen and oxygen atoms in total. The van der Waals surface area contributed by atoms with E-state index in [2.05, 4.69) is 25.6 Å². The fourth-order valence-electron chi connectivity index (χ4n) is 1.78. The van der Waals surface area contributed by atoms with Crippen LogP contribution in [0, 0.1) is 0 Å². The molecule has 0 spiro atoms. The molecule has 0 radical (unpaired) electrons. The van der Waals surface area contributed by atoms with Gasteiger partial charge in [-0.05, 0) is 18.1 Å². The lowest BCUT2D eigenvalue weighted by Crippen LogP contribution is -2.37. The van der Waals surface area contributed by atoms with Crippen molar-refractivity contribution in [1.82, 2.24) is 20.6 Å². The summed E-state index contributed by atoms with van der Waals surface area (Å²) in [4.78, 5) is 11.6. The van der Waals surface area contributed by atoms with Crippen molar-refractivity contribution in [2.45, 2.75) is 19.1 Å². The van der Waals surface area contributed by atoms with Crippen LogP contribution in [0.2, 0.25) is 5.15 Å². The Kier molecular flexibility index (Phi) is 8.86. The van der Waals surface area contributed by atoms with Crippen molar-refractivity contribution in [3.63, 3.8) is 0 Å². The third-order valence-electron chi connectivity index (χ3n) is 2.97. The molecule has 2 rings (SSSR count). The Balaban J connectivity index is 0.00000312. The quantitative estimate of drug-likeness (QED) is 0.281. The second-order valence-electron chi connectivity index (χ2n) is 4.72. The van der Waals surface area contributed by atoms with Gasteiger partial charge < -0.3 is 10.6 Å². The zero-order valence-electron chi connectivity index (χ0n) is 13.1. The highest BCUT2D eigenvalue weighted by Gasteiger charge is 2.33. The molecule has 0 saturated carbocycles. The molecule has 0 amide bonds. The molecule has 2 N–H and O–H groups in total. The van der Waals surface area contributed by atoms with Gasteiger partial charge in [-0.25, -0.2) is 9.97 Å². The standard InChI is InChI=1S/C14H15ClF3N5S.HI/c1-19-13(20-5-4-9-2-3-11(15)21-6-9)22-7-12-23-10(8-24-12)14(16,17)18;/h2-3,6,8H,4-5,7H2,1H3,(H2,19,20,22);1H. The number of nitrogens with one attached hydrogen (secondary N) is 2. The monoisotopic (exact) mass is 505 g/mol. The molecule has 0 bridgehead atoms. The van der Waals surface area contributed by atoms with Crippen molar-refractivity contribution in [3.8, 4) is 0 Å². The number of aromatic nitrogens is 2. The summed E-state index contributed by atoms with van der Waals surface area (Å²) >= 11 is 6.67. The van der Waals surface area contributed by atoms with Gasteiger partial charge >= 0.3 is 6.18 Å². The normalized spacial score (nSPS) is 11.8. The summed E-state index contributed by atoms with van der Waals surface area (Å²) in [6.45, 7) is 0.761. The molecule has 11 heteroatoms. The van der Waals surface area contributed by atoms with Crippen LogP contribution in [0.3, 0.4) is 0 Å². The summed E-state index contributed by atoms with van der Waals surface area (Å²) in [6.07, 6.45) is -2.02. The summed E-state index contributed by atoms with van der Waals surface area (Å²) in [6, 6.07) is 3.59. The van der Waals surface area contributed by atoms with Gasteiger partial charge in [0.25, 0.3) is 0 Å². The number of rotatable bonds is 5. The molecule has 0 saturated heterocycles. The van der Waals surface area contributed by atoms with Crippen LogP contribution in [-0.2, 0) is 19.1 Å². The zero-order valence-corrected chi connectivity index (χ0v) is 17.0. The molecular formula is C14H16ClF3IN5S. The number of hydrogen-bond acceptors (Lipinski definition) is 4. The van der Waals surface area contributed by atoms with Crippen LogP contribution in [0.25, 0.3) is 0 Å². The maximum atomic E-state index is 12.5. The van der Waals surface area contributed by atoms with Gasteiger partial charge in [-0.15, -0.1) is 35.3 Å². The van der Waals surface area contributed by atoms with Crippen LogP contribution in [0.15, 0.2) is 28.7 Å². The first-order chi connectivity index (χ1) is 11.4. The van der Waals surface area contributed by atoms with E-state index < -0.39 is 11.9 Å². The number of alkyl halides is 3. The first kappa shape index (κ1) is 21.9. The van der Waals surface area contributed by atoms with Crippen molar-refractivity contribution in [2.24, 2.45) is 4.99 Å². The maximum Gasteiger partial charge on any atom is 0.434 e. The van der Waals surface area contributed by atoms with E-state index in [1.54, 1.807) is 19.3 Å². The molecule has 0 aliphatic rings. The van der Waals surface area contributed by atoms with E-state index in [4.69, 9.17) is 11.6 Å². The first-order valence-electron chi connectivity index (χ1n) is 6.95. The third kappa shape index (κ3) is 7.32. The van der Waals surface area contributed by atoms with Crippen LogP contribution < -0.4 is 10.6 Å². The van der Waals surface area contributed by atoms with E-state index in [-0.39, 0.29) is 30.5 Å². The van der Waals surface area contributed by atoms with Gasteiger partial charge in [0.05, 0.1) is 6.54 Å². The summed E-state index contributed by atoms with van der Waals surface area (Å²) in [5.74, 6) is 0.487. The van der Waals surface area contributed by atoms with Crippen molar-refractivity contribution < 1.29 is 13.2 Å². The number of guanidine groups is 1. The smallest absolute Gasteiger partial charge is 0.356 e. The lowest BCUT2D eigenvalue weighted by molar-refractivity contribution is -0.140. The highest BCUT2D eigenvalue weighted by atomic mass is 127. The Morgan fingerprint density at radius 3 is 2.64 bits per heavy atom. The highest BCUT2D eigenvalue weighted by molar-refractivity contribution is 14.0. The minimum Gasteiger partial charge on any atom is -0.356 e. The number of halogens is 5. The number of aliphatic imine (C=N–C) groups is 1. The largest absolute Gasteiger partial charge is 0.434 e. The Morgan fingerprint density at radius 1 is 1.32 bits per heavy atom. The molecule has 2 aromatic heterocycles. The number of hydrogen-bond donors (Lipinski definition) is 2. The van der Waals surface area contributed by atoms with Crippen molar-refractivity contribution in [1.29, 1.82) is 0 Å². The van der Waals surface area contributed by atoms with Gasteiger partial charge in [0.15, 0.2) is 11.7 Å². The average Bonchev–Trinajstić information content (AvgIpc) is 3.01. The lowest BCUT2D eigenvalue weighted by atomic mass is 10.2. The summed E-state index contributed by atoms with van der Waals surface area (Å²) in [5.41, 5.74) is 0.139. The molecule has 0 aromatic carbocycles. The minimum atomic E-state index is -4.42. The van der Waals surface area contributed by atoms with Gasteiger partial charge in [0.2, 0.25) is 0 Å². The van der Waals surface area contributed by atoms with E-state index in [1.165, 1.54) is 0 Å². The fourth-order valence-corrected chi connectivity index (χ4v) is 2.63. The predicted molar refractivity (Wildman–Crippen MR) is 104 cm³/mol. The topological polar surface area (TPSA) is 62.2 Å². The van der Waals surface area contributed by atoms with Gasteiger partial charge in [-0.2, -0.15) is 13.2 Å². The third-order valence-corrected chi connectivity index (χ3v) is 4.04. The van der Waals surface area contributed by atoms with Crippen LogP contribution in [0.1, 0.15) is 16.3 Å². The van der Waals surface area contributed by atoms with Crippen LogP contribution in [-0.4, -0.2) is 29.5 Å². The van der Waals surface area contributed by atoms with Crippen molar-refractivity contribution in [2.75, 3.05) is 13.6 Å². The van der Waals surface area contributed by atoms with Crippen LogP contribution in [0.4, 0.5) is 13.2 Å². The van der Waals surface area contributed by atoms with E-state index in [1.807, 2.05) is 6.07 Å². The van der Waals surface area contributed by atoms with E-state index in [0.29, 0.717) is 29.1 Å². The highest BCUT2D eigenvalue weighted by Crippen LogP contribution is 2.29. The summed E-state index contributed by atoms with van der Waals surface area (Å²) < 4.78 is 37.5. The molecule has 2 aromatic rings. The van der Waals surface area contributed by atoms with Gasteiger partial charge in [-0.3, -0.25) is 4.99 Å². The van der Waals surface area contributed by atoms with Crippen LogP contribution in [0.5, 0.6) is 0 Å². The molecule has 0 atom stereocenters. The van der Waals surface area contributed by atoms with Gasteiger partial charge in [-0.1, -0.05) is 17.7 Å². The molecule has 0 aliphatic carbocycles. The van der Waals surface area contributed by atoms with Crippen molar-refractivity contribution in [3.05, 3.63) is 45.1 Å². The van der Waals surface area contributed by atoms with E-state index >= 15 is 0 Å². The minimum absolute atomic E-state index is 0. The average molecular weight is 506 g/mol. The molecule has 138 valence electrons. The second-order valence-corrected chi connectivity index (χ2v) is 6.05. The molecule has 25 heavy (non-hydrogen) atoms. The number of thiazole rings is 1. The predicted octanol–water partition coefficient (Wildman–Crippen LogP) is 3.74. The molecule has 0 unspecified atom stereocenters. The van der Waals surface area contributed by atoms with Crippen molar-refractivity contribution >= 4 is 52.9 Å². The Morgan fingerprint density at radius 2 is 2.08 bits per heavy atom. The molecular weight excluding hydrogens is 490 g/mol. The molecule has 2 heterocycles. The fraction of sp³-hybridized carbons (Fsp3) is 0.357.